The van der Waals surface area contributed by atoms with E-state index in [0.29, 0.717) is 12.1 Å². The van der Waals surface area contributed by atoms with E-state index >= 15 is 0 Å². The Labute approximate surface area is 102 Å². The fourth-order valence-corrected chi connectivity index (χ4v) is 2.28. The van der Waals surface area contributed by atoms with Crippen LogP contribution in [0.25, 0.3) is 0 Å². The Balaban J connectivity index is 2.02. The van der Waals surface area contributed by atoms with Crippen LogP contribution in [-0.4, -0.2) is 36.3 Å². The van der Waals surface area contributed by atoms with Crippen molar-refractivity contribution in [2.24, 2.45) is 5.41 Å². The topological polar surface area (TPSA) is 59.1 Å². The molecule has 0 aliphatic heterocycles. The van der Waals surface area contributed by atoms with Gasteiger partial charge in [0, 0.05) is 31.7 Å². The fourth-order valence-electron chi connectivity index (χ4n) is 2.28. The van der Waals surface area contributed by atoms with Crippen molar-refractivity contribution in [2.75, 3.05) is 24.8 Å². The van der Waals surface area contributed by atoms with E-state index in [4.69, 9.17) is 4.74 Å². The first kappa shape index (κ1) is 12.1. The van der Waals surface area contributed by atoms with Crippen molar-refractivity contribution < 1.29 is 4.74 Å². The van der Waals surface area contributed by atoms with Gasteiger partial charge in [0.1, 0.15) is 18.0 Å². The number of anilines is 2. The van der Waals surface area contributed by atoms with Crippen molar-refractivity contribution >= 4 is 11.6 Å². The monoisotopic (exact) mass is 236 g/mol. The third-order valence-electron chi connectivity index (χ3n) is 3.71. The molecule has 0 bridgehead atoms. The van der Waals surface area contributed by atoms with E-state index < -0.39 is 0 Å². The molecule has 1 fully saturated rings. The van der Waals surface area contributed by atoms with Crippen molar-refractivity contribution in [2.45, 2.75) is 32.4 Å². The number of hydrogen-bond acceptors (Lipinski definition) is 5. The second kappa shape index (κ2) is 4.49. The second-order valence-corrected chi connectivity index (χ2v) is 5.02. The van der Waals surface area contributed by atoms with Crippen LogP contribution in [0.1, 0.15) is 20.3 Å². The highest BCUT2D eigenvalue weighted by Crippen LogP contribution is 2.43. The highest BCUT2D eigenvalue weighted by molar-refractivity contribution is 5.47. The molecule has 1 aliphatic carbocycles. The largest absolute Gasteiger partial charge is 0.381 e. The second-order valence-electron chi connectivity index (χ2n) is 5.02. The zero-order valence-corrected chi connectivity index (χ0v) is 10.8. The van der Waals surface area contributed by atoms with Gasteiger partial charge in [-0.15, -0.1) is 0 Å². The minimum atomic E-state index is 0.138. The minimum absolute atomic E-state index is 0.138. The summed E-state index contributed by atoms with van der Waals surface area (Å²) in [6, 6.07) is 2.31. The third-order valence-corrected chi connectivity index (χ3v) is 3.71. The first-order chi connectivity index (χ1) is 8.07. The van der Waals surface area contributed by atoms with Crippen molar-refractivity contribution in [1.29, 1.82) is 0 Å². The summed E-state index contributed by atoms with van der Waals surface area (Å²) >= 11 is 0. The van der Waals surface area contributed by atoms with Gasteiger partial charge in [0.2, 0.25) is 0 Å². The van der Waals surface area contributed by atoms with Gasteiger partial charge in [-0.25, -0.2) is 9.97 Å². The first-order valence-corrected chi connectivity index (χ1v) is 5.87. The molecule has 1 heterocycles. The summed E-state index contributed by atoms with van der Waals surface area (Å²) in [6.07, 6.45) is 2.90. The fraction of sp³-hybridized carbons (Fsp3) is 0.667. The summed E-state index contributed by atoms with van der Waals surface area (Å²) in [4.78, 5) is 8.31. The van der Waals surface area contributed by atoms with E-state index in [1.54, 1.807) is 13.4 Å². The lowest BCUT2D eigenvalue weighted by Gasteiger charge is -2.51. The maximum Gasteiger partial charge on any atom is 0.131 e. The number of nitrogens with one attached hydrogen (secondary N) is 2. The van der Waals surface area contributed by atoms with Crippen LogP contribution in [0.2, 0.25) is 0 Å². The third kappa shape index (κ3) is 2.20. The molecule has 5 nitrogen and oxygen atoms in total. The van der Waals surface area contributed by atoms with E-state index in [1.165, 1.54) is 0 Å². The summed E-state index contributed by atoms with van der Waals surface area (Å²) in [6.45, 7) is 4.42. The molecule has 2 unspecified atom stereocenters. The molecule has 1 aromatic heterocycles. The lowest BCUT2D eigenvalue weighted by atomic mass is 9.64. The van der Waals surface area contributed by atoms with Crippen LogP contribution < -0.4 is 10.6 Å². The van der Waals surface area contributed by atoms with Crippen LogP contribution in [0.4, 0.5) is 11.6 Å². The summed E-state index contributed by atoms with van der Waals surface area (Å²) in [5, 5.41) is 6.44. The standard InChI is InChI=1S/C12H20N4O/c1-12(2)8(5-9(12)17-4)16-11-6-10(13-3)14-7-15-11/h6-9H,5H2,1-4H3,(H2,13,14,15,16). The zero-order valence-electron chi connectivity index (χ0n) is 10.8. The Morgan fingerprint density at radius 1 is 1.35 bits per heavy atom. The maximum absolute atomic E-state index is 5.43. The van der Waals surface area contributed by atoms with Crippen LogP contribution >= 0.6 is 0 Å². The van der Waals surface area contributed by atoms with Crippen molar-refractivity contribution in [1.82, 2.24) is 9.97 Å². The smallest absolute Gasteiger partial charge is 0.131 e. The predicted octanol–water partition coefficient (Wildman–Crippen LogP) is 1.74. The zero-order chi connectivity index (χ0) is 12.5. The number of rotatable bonds is 4. The van der Waals surface area contributed by atoms with Crippen LogP contribution in [0.3, 0.4) is 0 Å². The number of methoxy groups -OCH3 is 1. The first-order valence-electron chi connectivity index (χ1n) is 5.87. The Hall–Kier alpha value is -1.36. The molecule has 94 valence electrons. The maximum atomic E-state index is 5.43. The van der Waals surface area contributed by atoms with Crippen LogP contribution in [-0.2, 0) is 4.74 Å². The molecule has 17 heavy (non-hydrogen) atoms. The number of hydrogen-bond donors (Lipinski definition) is 2. The number of nitrogens with zero attached hydrogens (tertiary/aromatic N) is 2. The van der Waals surface area contributed by atoms with Gasteiger partial charge < -0.3 is 15.4 Å². The van der Waals surface area contributed by atoms with Crippen LogP contribution in [0.15, 0.2) is 12.4 Å². The van der Waals surface area contributed by atoms with Gasteiger partial charge in [0.25, 0.3) is 0 Å². The van der Waals surface area contributed by atoms with E-state index in [9.17, 15) is 0 Å². The van der Waals surface area contributed by atoms with E-state index in [2.05, 4.69) is 34.4 Å². The van der Waals surface area contributed by atoms with Gasteiger partial charge in [-0.2, -0.15) is 0 Å². The molecular formula is C12H20N4O. The molecule has 0 amide bonds. The molecule has 2 N–H and O–H groups in total. The van der Waals surface area contributed by atoms with Gasteiger partial charge in [0.15, 0.2) is 0 Å². The molecule has 1 aliphatic rings. The van der Waals surface area contributed by atoms with Gasteiger partial charge in [0.05, 0.1) is 6.10 Å². The highest BCUT2D eigenvalue weighted by atomic mass is 16.5. The predicted molar refractivity (Wildman–Crippen MR) is 68.2 cm³/mol. The Morgan fingerprint density at radius 3 is 2.65 bits per heavy atom. The SMILES string of the molecule is CNc1cc(NC2CC(OC)C2(C)C)ncn1. The lowest BCUT2D eigenvalue weighted by Crippen LogP contribution is -2.57. The molecule has 0 aromatic carbocycles. The molecule has 2 atom stereocenters. The average molecular weight is 236 g/mol. The molecule has 1 aromatic rings. The quantitative estimate of drug-likeness (QED) is 0.834. The van der Waals surface area contributed by atoms with Gasteiger partial charge in [-0.1, -0.05) is 13.8 Å². The van der Waals surface area contributed by atoms with Gasteiger partial charge in [-0.05, 0) is 6.42 Å². The Bertz CT molecular complexity index is 394. The van der Waals surface area contributed by atoms with Crippen molar-refractivity contribution in [3.05, 3.63) is 12.4 Å². The van der Waals surface area contributed by atoms with Crippen LogP contribution in [0, 0.1) is 5.41 Å². The summed E-state index contributed by atoms with van der Waals surface area (Å²) in [5.41, 5.74) is 0.138. The Morgan fingerprint density at radius 2 is 2.06 bits per heavy atom. The average Bonchev–Trinajstić information content (AvgIpc) is 2.34. The van der Waals surface area contributed by atoms with Crippen LogP contribution in [0.5, 0.6) is 0 Å². The molecule has 0 spiro atoms. The molecular weight excluding hydrogens is 216 g/mol. The molecule has 0 saturated heterocycles. The van der Waals surface area contributed by atoms with E-state index in [0.717, 1.165) is 18.1 Å². The van der Waals surface area contributed by atoms with Crippen molar-refractivity contribution in [3.63, 3.8) is 0 Å². The summed E-state index contributed by atoms with van der Waals surface area (Å²) in [7, 11) is 3.62. The highest BCUT2D eigenvalue weighted by Gasteiger charge is 2.48. The Kier molecular flexibility index (Phi) is 3.19. The summed E-state index contributed by atoms with van der Waals surface area (Å²) < 4.78 is 5.43. The molecule has 0 radical (unpaired) electrons. The van der Waals surface area contributed by atoms with Gasteiger partial charge in [-0.3, -0.25) is 0 Å². The van der Waals surface area contributed by atoms with E-state index in [1.807, 2.05) is 13.1 Å². The minimum Gasteiger partial charge on any atom is -0.381 e. The number of aromatic nitrogens is 2. The molecule has 5 heteroatoms. The van der Waals surface area contributed by atoms with Crippen molar-refractivity contribution in [3.8, 4) is 0 Å². The van der Waals surface area contributed by atoms with E-state index in [-0.39, 0.29) is 5.41 Å². The number of ether oxygens (including phenoxy) is 1. The van der Waals surface area contributed by atoms with Gasteiger partial charge >= 0.3 is 0 Å². The summed E-state index contributed by atoms with van der Waals surface area (Å²) in [5.74, 6) is 1.68. The lowest BCUT2D eigenvalue weighted by molar-refractivity contribution is -0.0795. The normalized spacial score (nSPS) is 26.1. The molecule has 1 saturated carbocycles. The molecule has 2 rings (SSSR count).